The van der Waals surface area contributed by atoms with Gasteiger partial charge in [0.25, 0.3) is 0 Å². The van der Waals surface area contributed by atoms with Crippen LogP contribution in [0.3, 0.4) is 0 Å². The predicted molar refractivity (Wildman–Crippen MR) is 155 cm³/mol. The Morgan fingerprint density at radius 2 is 1.33 bits per heavy atom. The van der Waals surface area contributed by atoms with Crippen LogP contribution in [0.5, 0.6) is 0 Å². The molecule has 0 saturated heterocycles. The van der Waals surface area contributed by atoms with Gasteiger partial charge in [-0.1, -0.05) is 122 Å². The maximum atomic E-state index is 13.0. The van der Waals surface area contributed by atoms with E-state index >= 15 is 0 Å². The summed E-state index contributed by atoms with van der Waals surface area (Å²) in [5, 5.41) is 17.5. The number of carboxylic acids is 1. The molecule has 1 aromatic rings. The number of hydrogen-bond acceptors (Lipinski definition) is 4. The van der Waals surface area contributed by atoms with Crippen LogP contribution in [0.15, 0.2) is 30.3 Å². The quantitative estimate of drug-likeness (QED) is 0.150. The van der Waals surface area contributed by atoms with E-state index in [1.165, 1.54) is 51.4 Å². The zero-order valence-electron chi connectivity index (χ0n) is 24.3. The van der Waals surface area contributed by atoms with Crippen LogP contribution < -0.4 is 16.0 Å². The SMILES string of the molecule is CCCCCCCCCCCCCC(=O)NCC(=O)N[C@H](C(=O)N[C@@H](Cc1ccccc1)C(=O)O)[C@@H](C)CC. The van der Waals surface area contributed by atoms with Crippen LogP contribution in [0.1, 0.15) is 110 Å². The van der Waals surface area contributed by atoms with E-state index in [-0.39, 0.29) is 24.8 Å². The molecule has 0 saturated carbocycles. The molecule has 0 aliphatic heterocycles. The second kappa shape index (κ2) is 21.0. The highest BCUT2D eigenvalue weighted by atomic mass is 16.4. The minimum Gasteiger partial charge on any atom is -0.480 e. The fourth-order valence-electron chi connectivity index (χ4n) is 4.45. The van der Waals surface area contributed by atoms with E-state index in [2.05, 4.69) is 22.9 Å². The molecule has 8 nitrogen and oxygen atoms in total. The molecule has 0 aliphatic rings. The summed E-state index contributed by atoms with van der Waals surface area (Å²) < 4.78 is 0. The maximum Gasteiger partial charge on any atom is 0.326 e. The summed E-state index contributed by atoms with van der Waals surface area (Å²) in [6.07, 6.45) is 14.4. The normalized spacial score (nSPS) is 13.2. The van der Waals surface area contributed by atoms with Gasteiger partial charge >= 0.3 is 5.97 Å². The third-order valence-corrected chi connectivity index (χ3v) is 7.16. The molecule has 0 unspecified atom stereocenters. The number of aliphatic carboxylic acids is 1. The molecule has 0 fully saturated rings. The van der Waals surface area contributed by atoms with E-state index in [9.17, 15) is 24.3 Å². The Morgan fingerprint density at radius 1 is 0.769 bits per heavy atom. The second-order valence-electron chi connectivity index (χ2n) is 10.6. The first kappa shape index (κ1) is 34.1. The van der Waals surface area contributed by atoms with Crippen LogP contribution in [-0.4, -0.2) is 47.4 Å². The highest BCUT2D eigenvalue weighted by Gasteiger charge is 2.30. The molecular weight excluding hydrogens is 494 g/mol. The molecule has 0 heterocycles. The Morgan fingerprint density at radius 3 is 1.87 bits per heavy atom. The average molecular weight is 546 g/mol. The van der Waals surface area contributed by atoms with Crippen molar-refractivity contribution in [2.24, 2.45) is 5.92 Å². The van der Waals surface area contributed by atoms with Crippen LogP contribution in [0.2, 0.25) is 0 Å². The third-order valence-electron chi connectivity index (χ3n) is 7.16. The van der Waals surface area contributed by atoms with Crippen LogP contribution >= 0.6 is 0 Å². The number of carbonyl (C=O) groups is 4. The first-order chi connectivity index (χ1) is 18.8. The number of amides is 3. The summed E-state index contributed by atoms with van der Waals surface area (Å²) in [6, 6.07) is 7.04. The number of nitrogens with one attached hydrogen (secondary N) is 3. The van der Waals surface area contributed by atoms with Gasteiger partial charge in [-0.2, -0.15) is 0 Å². The van der Waals surface area contributed by atoms with Crippen molar-refractivity contribution >= 4 is 23.7 Å². The Labute approximate surface area is 235 Å². The van der Waals surface area contributed by atoms with E-state index in [0.717, 1.165) is 24.8 Å². The summed E-state index contributed by atoms with van der Waals surface area (Å²) in [7, 11) is 0. The Kier molecular flexibility index (Phi) is 18.4. The number of carboxylic acid groups (broad SMARTS) is 1. The molecule has 3 atom stereocenters. The van der Waals surface area contributed by atoms with Gasteiger partial charge in [0.1, 0.15) is 12.1 Å². The summed E-state index contributed by atoms with van der Waals surface area (Å²) in [5.41, 5.74) is 0.787. The fraction of sp³-hybridized carbons (Fsp3) is 0.677. The summed E-state index contributed by atoms with van der Waals surface area (Å²) in [6.45, 7) is 5.73. The number of rotatable bonds is 22. The van der Waals surface area contributed by atoms with Crippen molar-refractivity contribution in [2.75, 3.05) is 6.54 Å². The molecule has 3 amide bonds. The van der Waals surface area contributed by atoms with Crippen molar-refractivity contribution < 1.29 is 24.3 Å². The first-order valence-corrected chi connectivity index (χ1v) is 14.9. The van der Waals surface area contributed by atoms with Gasteiger partial charge < -0.3 is 21.1 Å². The van der Waals surface area contributed by atoms with Crippen LogP contribution in [0.25, 0.3) is 0 Å². The molecule has 0 aliphatic carbocycles. The Balaban J connectivity index is 2.37. The highest BCUT2D eigenvalue weighted by Crippen LogP contribution is 2.12. The topological polar surface area (TPSA) is 125 Å². The molecule has 0 bridgehead atoms. The van der Waals surface area contributed by atoms with Crippen molar-refractivity contribution in [2.45, 2.75) is 123 Å². The van der Waals surface area contributed by atoms with Crippen molar-refractivity contribution in [1.82, 2.24) is 16.0 Å². The minimum absolute atomic E-state index is 0.137. The fourth-order valence-corrected chi connectivity index (χ4v) is 4.45. The second-order valence-corrected chi connectivity index (χ2v) is 10.6. The third kappa shape index (κ3) is 16.0. The molecule has 8 heteroatoms. The lowest BCUT2D eigenvalue weighted by Crippen LogP contribution is -2.55. The van der Waals surface area contributed by atoms with Gasteiger partial charge in [-0.25, -0.2) is 4.79 Å². The van der Waals surface area contributed by atoms with Crippen molar-refractivity contribution in [3.05, 3.63) is 35.9 Å². The number of carbonyl (C=O) groups excluding carboxylic acids is 3. The van der Waals surface area contributed by atoms with Crippen LogP contribution in [-0.2, 0) is 25.6 Å². The monoisotopic (exact) mass is 545 g/mol. The van der Waals surface area contributed by atoms with E-state index in [1.54, 1.807) is 12.1 Å². The molecule has 0 aromatic heterocycles. The number of unbranched alkanes of at least 4 members (excludes halogenated alkanes) is 10. The van der Waals surface area contributed by atoms with Gasteiger partial charge in [0.15, 0.2) is 0 Å². The van der Waals surface area contributed by atoms with Gasteiger partial charge in [0.2, 0.25) is 17.7 Å². The Hall–Kier alpha value is -2.90. The van der Waals surface area contributed by atoms with Crippen LogP contribution in [0, 0.1) is 5.92 Å². The van der Waals surface area contributed by atoms with Crippen molar-refractivity contribution in [3.63, 3.8) is 0 Å². The molecule has 1 aromatic carbocycles. The van der Waals surface area contributed by atoms with E-state index in [4.69, 9.17) is 0 Å². The lowest BCUT2D eigenvalue weighted by Gasteiger charge is -2.25. The summed E-state index contributed by atoms with van der Waals surface area (Å²) >= 11 is 0. The molecule has 0 spiro atoms. The van der Waals surface area contributed by atoms with Gasteiger partial charge in [0, 0.05) is 12.8 Å². The summed E-state index contributed by atoms with van der Waals surface area (Å²) in [5.74, 6) is -2.56. The first-order valence-electron chi connectivity index (χ1n) is 14.9. The van der Waals surface area contributed by atoms with Gasteiger partial charge in [-0.3, -0.25) is 14.4 Å². The van der Waals surface area contributed by atoms with E-state index in [1.807, 2.05) is 32.0 Å². The van der Waals surface area contributed by atoms with E-state index in [0.29, 0.717) is 12.8 Å². The molecule has 0 radical (unpaired) electrons. The zero-order valence-corrected chi connectivity index (χ0v) is 24.3. The maximum absolute atomic E-state index is 13.0. The lowest BCUT2D eigenvalue weighted by molar-refractivity contribution is -0.142. The van der Waals surface area contributed by atoms with Gasteiger partial charge in [-0.15, -0.1) is 0 Å². The molecule has 1 rings (SSSR count). The van der Waals surface area contributed by atoms with Crippen LogP contribution in [0.4, 0.5) is 0 Å². The van der Waals surface area contributed by atoms with E-state index < -0.39 is 29.9 Å². The minimum atomic E-state index is -1.14. The molecule has 39 heavy (non-hydrogen) atoms. The average Bonchev–Trinajstić information content (AvgIpc) is 2.93. The summed E-state index contributed by atoms with van der Waals surface area (Å²) in [4.78, 5) is 49.4. The Bertz CT molecular complexity index is 846. The smallest absolute Gasteiger partial charge is 0.326 e. The molecular formula is C31H51N3O5. The number of benzene rings is 1. The van der Waals surface area contributed by atoms with Crippen molar-refractivity contribution in [3.8, 4) is 0 Å². The zero-order chi connectivity index (χ0) is 28.9. The predicted octanol–water partition coefficient (Wildman–Crippen LogP) is 5.15. The van der Waals surface area contributed by atoms with Crippen molar-refractivity contribution in [1.29, 1.82) is 0 Å². The van der Waals surface area contributed by atoms with Gasteiger partial charge in [0.05, 0.1) is 6.54 Å². The molecule has 4 N–H and O–H groups in total. The van der Waals surface area contributed by atoms with Gasteiger partial charge in [-0.05, 0) is 17.9 Å². The standard InChI is InChI=1S/C31H51N3O5/c1-4-6-7-8-9-10-11-12-13-14-18-21-27(35)32-23-28(36)34-29(24(3)5-2)30(37)33-26(31(38)39)22-25-19-16-15-17-20-25/h15-17,19-20,24,26,29H,4-14,18,21-23H2,1-3H3,(H,32,35)(H,33,37)(H,34,36)(H,38,39)/t24-,26-,29-/m0/s1. The largest absolute Gasteiger partial charge is 0.480 e. The number of hydrogen-bond donors (Lipinski definition) is 4. The molecule has 220 valence electrons. The lowest BCUT2D eigenvalue weighted by atomic mass is 9.97. The highest BCUT2D eigenvalue weighted by molar-refractivity contribution is 5.92.